The number of hydrogen-bond acceptors (Lipinski definition) is 2. The number of hydrogen-bond donors (Lipinski definition) is 1. The molecule has 1 atom stereocenters. The molecule has 2 aromatic rings. The van der Waals surface area contributed by atoms with E-state index in [-0.39, 0.29) is 12.1 Å². The molecule has 0 aliphatic carbocycles. The summed E-state index contributed by atoms with van der Waals surface area (Å²) in [4.78, 5) is 14.3. The highest BCUT2D eigenvalue weighted by atomic mass is 16.5. The summed E-state index contributed by atoms with van der Waals surface area (Å²) in [5, 5.41) is 3.07. The summed E-state index contributed by atoms with van der Waals surface area (Å²) in [5.74, 6) is 0.868. The van der Waals surface area contributed by atoms with Crippen molar-refractivity contribution in [2.45, 2.75) is 19.1 Å². The molecule has 2 amide bonds. The molecule has 21 heavy (non-hydrogen) atoms. The van der Waals surface area contributed by atoms with Crippen LogP contribution in [0, 0.1) is 0 Å². The summed E-state index contributed by atoms with van der Waals surface area (Å²) >= 11 is 0. The number of carbonyl (C=O) groups is 1. The number of ether oxygens (including phenoxy) is 1. The van der Waals surface area contributed by atoms with Gasteiger partial charge >= 0.3 is 6.03 Å². The second kappa shape index (κ2) is 4.81. The van der Waals surface area contributed by atoms with E-state index in [1.54, 1.807) is 0 Å². The van der Waals surface area contributed by atoms with Crippen molar-refractivity contribution in [2.75, 3.05) is 6.61 Å². The minimum atomic E-state index is -0.0580. The van der Waals surface area contributed by atoms with E-state index in [2.05, 4.69) is 17.4 Å². The molecule has 0 bridgehead atoms. The van der Waals surface area contributed by atoms with Gasteiger partial charge in [0.25, 0.3) is 0 Å². The second-order valence-electron chi connectivity index (χ2n) is 5.48. The Morgan fingerprint density at radius 2 is 1.71 bits per heavy atom. The lowest BCUT2D eigenvalue weighted by atomic mass is 10.1. The lowest BCUT2D eigenvalue weighted by Gasteiger charge is -2.19. The van der Waals surface area contributed by atoms with Crippen LogP contribution in [0.5, 0.6) is 5.75 Å². The molecule has 0 saturated heterocycles. The van der Waals surface area contributed by atoms with Gasteiger partial charge < -0.3 is 15.0 Å². The first-order valence-corrected chi connectivity index (χ1v) is 7.15. The summed E-state index contributed by atoms with van der Waals surface area (Å²) in [6.07, 6.45) is 0. The zero-order valence-electron chi connectivity index (χ0n) is 11.6. The molecule has 0 radical (unpaired) electrons. The van der Waals surface area contributed by atoms with Crippen molar-refractivity contribution in [3.05, 3.63) is 65.2 Å². The average molecular weight is 280 g/mol. The molecule has 4 heteroatoms. The highest BCUT2D eigenvalue weighted by Gasteiger charge is 2.29. The number of rotatable bonds is 1. The minimum absolute atomic E-state index is 0.0310. The molecule has 2 heterocycles. The van der Waals surface area contributed by atoms with Crippen LogP contribution in [0.25, 0.3) is 0 Å². The molecule has 0 fully saturated rings. The second-order valence-corrected chi connectivity index (χ2v) is 5.48. The SMILES string of the molecule is O=C(N[C@H]1COc2ccccc21)N1Cc2ccccc2C1. The van der Waals surface area contributed by atoms with Gasteiger partial charge in [-0.1, -0.05) is 42.5 Å². The standard InChI is InChI=1S/C17H16N2O2/c20-17(19-9-12-5-1-2-6-13(12)10-19)18-15-11-21-16-8-4-3-7-14(15)16/h1-8,15H,9-11H2,(H,18,20)/t15-/m0/s1. The van der Waals surface area contributed by atoms with E-state index in [0.717, 1.165) is 11.3 Å². The van der Waals surface area contributed by atoms with Crippen LogP contribution >= 0.6 is 0 Å². The Morgan fingerprint density at radius 3 is 2.48 bits per heavy atom. The van der Waals surface area contributed by atoms with Gasteiger partial charge in [0.1, 0.15) is 12.4 Å². The molecule has 0 spiro atoms. The van der Waals surface area contributed by atoms with Gasteiger partial charge in [0.05, 0.1) is 6.04 Å². The molecule has 106 valence electrons. The fourth-order valence-corrected chi connectivity index (χ4v) is 3.00. The summed E-state index contributed by atoms with van der Waals surface area (Å²) < 4.78 is 5.60. The molecule has 2 aliphatic heterocycles. The lowest BCUT2D eigenvalue weighted by Crippen LogP contribution is -2.39. The van der Waals surface area contributed by atoms with Crippen molar-refractivity contribution in [1.82, 2.24) is 10.2 Å². The van der Waals surface area contributed by atoms with Crippen LogP contribution in [0.2, 0.25) is 0 Å². The van der Waals surface area contributed by atoms with Crippen LogP contribution in [-0.4, -0.2) is 17.5 Å². The Kier molecular flexibility index (Phi) is 2.81. The molecule has 0 aromatic heterocycles. The normalized spacial score (nSPS) is 18.9. The first kappa shape index (κ1) is 12.3. The van der Waals surface area contributed by atoms with E-state index in [1.807, 2.05) is 41.3 Å². The summed E-state index contributed by atoms with van der Waals surface area (Å²) in [5.41, 5.74) is 3.52. The van der Waals surface area contributed by atoms with Gasteiger partial charge in [0.2, 0.25) is 0 Å². The van der Waals surface area contributed by atoms with Gasteiger partial charge in [-0.3, -0.25) is 0 Å². The van der Waals surface area contributed by atoms with Crippen molar-refractivity contribution >= 4 is 6.03 Å². The van der Waals surface area contributed by atoms with Crippen LogP contribution < -0.4 is 10.1 Å². The van der Waals surface area contributed by atoms with Crippen molar-refractivity contribution in [2.24, 2.45) is 0 Å². The van der Waals surface area contributed by atoms with E-state index < -0.39 is 0 Å². The quantitative estimate of drug-likeness (QED) is 0.872. The van der Waals surface area contributed by atoms with Crippen molar-refractivity contribution < 1.29 is 9.53 Å². The average Bonchev–Trinajstić information content (AvgIpc) is 3.11. The Balaban J connectivity index is 1.47. The fourth-order valence-electron chi connectivity index (χ4n) is 3.00. The van der Waals surface area contributed by atoms with Gasteiger partial charge in [0.15, 0.2) is 0 Å². The number of fused-ring (bicyclic) bond motifs is 2. The zero-order chi connectivity index (χ0) is 14.2. The van der Waals surface area contributed by atoms with Crippen LogP contribution in [-0.2, 0) is 13.1 Å². The Labute approximate surface area is 123 Å². The molecule has 1 N–H and O–H groups in total. The fraction of sp³-hybridized carbons (Fsp3) is 0.235. The highest BCUT2D eigenvalue weighted by molar-refractivity contribution is 5.76. The maximum atomic E-state index is 12.4. The first-order chi connectivity index (χ1) is 10.3. The number of urea groups is 1. The third kappa shape index (κ3) is 2.13. The molecular weight excluding hydrogens is 264 g/mol. The molecule has 4 nitrogen and oxygen atoms in total. The Morgan fingerprint density at radius 1 is 1.05 bits per heavy atom. The molecule has 0 unspecified atom stereocenters. The number of benzene rings is 2. The zero-order valence-corrected chi connectivity index (χ0v) is 11.6. The molecule has 2 aliphatic rings. The van der Waals surface area contributed by atoms with Crippen LogP contribution in [0.1, 0.15) is 22.7 Å². The summed E-state index contributed by atoms with van der Waals surface area (Å²) in [6, 6.07) is 16.0. The smallest absolute Gasteiger partial charge is 0.318 e. The first-order valence-electron chi connectivity index (χ1n) is 7.15. The van der Waals surface area contributed by atoms with Gasteiger partial charge in [-0.2, -0.15) is 0 Å². The summed E-state index contributed by atoms with van der Waals surface area (Å²) in [7, 11) is 0. The monoisotopic (exact) mass is 280 g/mol. The Bertz CT molecular complexity index is 674. The minimum Gasteiger partial charge on any atom is -0.491 e. The van der Waals surface area contributed by atoms with Crippen LogP contribution in [0.15, 0.2) is 48.5 Å². The number of nitrogens with zero attached hydrogens (tertiary/aromatic N) is 1. The summed E-state index contributed by atoms with van der Waals surface area (Å²) in [6.45, 7) is 1.86. The lowest BCUT2D eigenvalue weighted by molar-refractivity contribution is 0.191. The van der Waals surface area contributed by atoms with E-state index in [9.17, 15) is 4.79 Å². The van der Waals surface area contributed by atoms with Crippen molar-refractivity contribution in [1.29, 1.82) is 0 Å². The number of amides is 2. The Hall–Kier alpha value is -2.49. The molecule has 2 aromatic carbocycles. The molecule has 0 saturated carbocycles. The van der Waals surface area contributed by atoms with E-state index in [4.69, 9.17) is 4.74 Å². The third-order valence-corrected chi connectivity index (χ3v) is 4.13. The maximum absolute atomic E-state index is 12.4. The molecule has 4 rings (SSSR count). The van der Waals surface area contributed by atoms with Gasteiger partial charge in [-0.15, -0.1) is 0 Å². The highest BCUT2D eigenvalue weighted by Crippen LogP contribution is 2.32. The maximum Gasteiger partial charge on any atom is 0.318 e. The predicted molar refractivity (Wildman–Crippen MR) is 78.9 cm³/mol. The third-order valence-electron chi connectivity index (χ3n) is 4.13. The van der Waals surface area contributed by atoms with Crippen LogP contribution in [0.3, 0.4) is 0 Å². The molecular formula is C17H16N2O2. The van der Waals surface area contributed by atoms with E-state index in [0.29, 0.717) is 19.7 Å². The van der Waals surface area contributed by atoms with Gasteiger partial charge in [-0.25, -0.2) is 4.79 Å². The number of carbonyl (C=O) groups excluding carboxylic acids is 1. The topological polar surface area (TPSA) is 41.6 Å². The number of para-hydroxylation sites is 1. The number of nitrogens with one attached hydrogen (secondary N) is 1. The van der Waals surface area contributed by atoms with E-state index >= 15 is 0 Å². The van der Waals surface area contributed by atoms with E-state index in [1.165, 1.54) is 11.1 Å². The van der Waals surface area contributed by atoms with Crippen molar-refractivity contribution in [3.63, 3.8) is 0 Å². The predicted octanol–water partition coefficient (Wildman–Crippen LogP) is 2.85. The van der Waals surface area contributed by atoms with Crippen LogP contribution in [0.4, 0.5) is 4.79 Å². The largest absolute Gasteiger partial charge is 0.491 e. The van der Waals surface area contributed by atoms with Gasteiger partial charge in [0, 0.05) is 18.7 Å². The van der Waals surface area contributed by atoms with Crippen molar-refractivity contribution in [3.8, 4) is 5.75 Å². The van der Waals surface area contributed by atoms with Gasteiger partial charge in [-0.05, 0) is 17.2 Å².